The lowest BCUT2D eigenvalue weighted by molar-refractivity contribution is -0.115. The molecule has 7 heteroatoms. The van der Waals surface area contributed by atoms with E-state index in [4.69, 9.17) is 14.0 Å². The number of anilines is 1. The quantitative estimate of drug-likeness (QED) is 0.475. The average Bonchev–Trinajstić information content (AvgIpc) is 3.29. The Kier molecular flexibility index (Phi) is 5.93. The van der Waals surface area contributed by atoms with E-state index in [0.717, 1.165) is 11.1 Å². The maximum absolute atomic E-state index is 12.5. The summed E-state index contributed by atoms with van der Waals surface area (Å²) in [7, 11) is 3.14. The lowest BCUT2D eigenvalue weighted by Gasteiger charge is -2.08. The summed E-state index contributed by atoms with van der Waals surface area (Å²) < 4.78 is 16.1. The molecule has 1 N–H and O–H groups in total. The van der Waals surface area contributed by atoms with Crippen molar-refractivity contribution in [3.63, 3.8) is 0 Å². The van der Waals surface area contributed by atoms with E-state index in [-0.39, 0.29) is 12.3 Å². The van der Waals surface area contributed by atoms with Crippen molar-refractivity contribution in [1.82, 2.24) is 10.1 Å². The van der Waals surface area contributed by atoms with Crippen LogP contribution in [0.1, 0.15) is 5.56 Å². The number of para-hydroxylation sites is 1. The molecule has 0 aliphatic carbocycles. The van der Waals surface area contributed by atoms with Gasteiger partial charge in [0.15, 0.2) is 11.5 Å². The number of carbonyl (C=O) groups is 1. The number of nitrogens with one attached hydrogen (secondary N) is 1. The van der Waals surface area contributed by atoms with Crippen LogP contribution in [0.15, 0.2) is 77.3 Å². The normalized spacial score (nSPS) is 10.5. The fourth-order valence-corrected chi connectivity index (χ4v) is 3.18. The highest BCUT2D eigenvalue weighted by Gasteiger charge is 2.17. The number of methoxy groups -OCH3 is 2. The van der Waals surface area contributed by atoms with Gasteiger partial charge in [-0.25, -0.2) is 0 Å². The van der Waals surface area contributed by atoms with Gasteiger partial charge in [0.05, 0.1) is 31.9 Å². The molecule has 0 fully saturated rings. The number of aromatic nitrogens is 2. The SMILES string of the molecule is COc1ccc(-c2noc(-c3ccccc3NC(=O)Cc3ccccc3)n2)cc1OC. The molecule has 0 aliphatic rings. The van der Waals surface area contributed by atoms with Crippen molar-refractivity contribution < 1.29 is 18.8 Å². The number of rotatable bonds is 7. The third kappa shape index (κ3) is 4.56. The summed E-state index contributed by atoms with van der Waals surface area (Å²) >= 11 is 0. The Hall–Kier alpha value is -4.13. The molecule has 0 saturated heterocycles. The van der Waals surface area contributed by atoms with Gasteiger partial charge in [-0.3, -0.25) is 4.79 Å². The van der Waals surface area contributed by atoms with Gasteiger partial charge in [0, 0.05) is 5.56 Å². The van der Waals surface area contributed by atoms with Crippen molar-refractivity contribution >= 4 is 11.6 Å². The van der Waals surface area contributed by atoms with Gasteiger partial charge in [0.1, 0.15) is 0 Å². The van der Waals surface area contributed by atoms with Gasteiger partial charge >= 0.3 is 0 Å². The van der Waals surface area contributed by atoms with Gasteiger partial charge in [-0.05, 0) is 35.9 Å². The second-order valence-corrected chi connectivity index (χ2v) is 6.75. The van der Waals surface area contributed by atoms with E-state index in [1.807, 2.05) is 54.6 Å². The third-order valence-corrected chi connectivity index (χ3v) is 4.71. The number of ether oxygens (including phenoxy) is 2. The minimum Gasteiger partial charge on any atom is -0.493 e. The highest BCUT2D eigenvalue weighted by molar-refractivity contribution is 5.95. The standard InChI is InChI=1S/C24H21N3O4/c1-29-20-13-12-17(15-21(20)30-2)23-26-24(31-27-23)18-10-6-7-11-19(18)25-22(28)14-16-8-4-3-5-9-16/h3-13,15H,14H2,1-2H3,(H,25,28). The summed E-state index contributed by atoms with van der Waals surface area (Å²) in [4.78, 5) is 17.0. The zero-order valence-electron chi connectivity index (χ0n) is 17.2. The van der Waals surface area contributed by atoms with E-state index in [0.29, 0.717) is 34.5 Å². The Labute approximate surface area is 179 Å². The first-order valence-electron chi connectivity index (χ1n) is 9.67. The molecule has 156 valence electrons. The maximum Gasteiger partial charge on any atom is 0.260 e. The molecular weight excluding hydrogens is 394 g/mol. The first kappa shape index (κ1) is 20.2. The molecule has 4 aromatic rings. The van der Waals surface area contributed by atoms with Crippen LogP contribution in [0, 0.1) is 0 Å². The van der Waals surface area contributed by atoms with E-state index < -0.39 is 0 Å². The first-order valence-corrected chi connectivity index (χ1v) is 9.67. The van der Waals surface area contributed by atoms with E-state index >= 15 is 0 Å². The lowest BCUT2D eigenvalue weighted by atomic mass is 10.1. The smallest absolute Gasteiger partial charge is 0.260 e. The van der Waals surface area contributed by atoms with E-state index in [1.165, 1.54) is 0 Å². The van der Waals surface area contributed by atoms with Crippen molar-refractivity contribution in [1.29, 1.82) is 0 Å². The molecule has 4 rings (SSSR count). The molecule has 7 nitrogen and oxygen atoms in total. The molecule has 0 bridgehead atoms. The zero-order chi connectivity index (χ0) is 21.6. The van der Waals surface area contributed by atoms with Crippen molar-refractivity contribution in [2.45, 2.75) is 6.42 Å². The second-order valence-electron chi connectivity index (χ2n) is 6.75. The first-order chi connectivity index (χ1) is 15.2. The summed E-state index contributed by atoms with van der Waals surface area (Å²) in [5, 5.41) is 7.02. The van der Waals surface area contributed by atoms with Crippen molar-refractivity contribution in [3.8, 4) is 34.3 Å². The molecule has 1 aromatic heterocycles. The summed E-state index contributed by atoms with van der Waals surface area (Å²) in [6.45, 7) is 0. The predicted molar refractivity (Wildman–Crippen MR) is 117 cm³/mol. The van der Waals surface area contributed by atoms with Crippen LogP contribution in [-0.4, -0.2) is 30.3 Å². The molecule has 0 spiro atoms. The Bertz CT molecular complexity index is 1190. The average molecular weight is 415 g/mol. The summed E-state index contributed by atoms with van der Waals surface area (Å²) in [5.41, 5.74) is 2.90. The predicted octanol–water partition coefficient (Wildman–Crippen LogP) is 4.60. The van der Waals surface area contributed by atoms with E-state index in [2.05, 4.69) is 15.5 Å². The third-order valence-electron chi connectivity index (χ3n) is 4.71. The number of amides is 1. The highest BCUT2D eigenvalue weighted by Crippen LogP contribution is 2.33. The molecule has 3 aromatic carbocycles. The Morgan fingerprint density at radius 2 is 1.68 bits per heavy atom. The summed E-state index contributed by atoms with van der Waals surface area (Å²) in [6, 6.07) is 22.3. The van der Waals surface area contributed by atoms with Gasteiger partial charge in [-0.1, -0.05) is 47.6 Å². The van der Waals surface area contributed by atoms with Gasteiger partial charge < -0.3 is 19.3 Å². The van der Waals surface area contributed by atoms with E-state index in [1.54, 1.807) is 32.4 Å². The molecule has 0 aliphatic heterocycles. The van der Waals surface area contributed by atoms with Crippen LogP contribution in [0.3, 0.4) is 0 Å². The van der Waals surface area contributed by atoms with Gasteiger partial charge in [-0.2, -0.15) is 4.98 Å². The monoisotopic (exact) mass is 415 g/mol. The number of hydrogen-bond acceptors (Lipinski definition) is 6. The molecule has 0 atom stereocenters. The summed E-state index contributed by atoms with van der Waals surface area (Å²) in [5.74, 6) is 1.77. The molecule has 1 heterocycles. The largest absolute Gasteiger partial charge is 0.493 e. The molecule has 0 radical (unpaired) electrons. The van der Waals surface area contributed by atoms with Crippen molar-refractivity contribution in [2.75, 3.05) is 19.5 Å². The van der Waals surface area contributed by atoms with Crippen LogP contribution in [-0.2, 0) is 11.2 Å². The van der Waals surface area contributed by atoms with Crippen LogP contribution >= 0.6 is 0 Å². The molecular formula is C24H21N3O4. The Balaban J connectivity index is 1.58. The number of nitrogens with zero attached hydrogens (tertiary/aromatic N) is 2. The molecule has 31 heavy (non-hydrogen) atoms. The van der Waals surface area contributed by atoms with Crippen LogP contribution in [0.4, 0.5) is 5.69 Å². The van der Waals surface area contributed by atoms with Crippen LogP contribution in [0.5, 0.6) is 11.5 Å². The van der Waals surface area contributed by atoms with Gasteiger partial charge in [0.25, 0.3) is 5.89 Å². The minimum absolute atomic E-state index is 0.127. The zero-order valence-corrected chi connectivity index (χ0v) is 17.2. The number of carbonyl (C=O) groups excluding carboxylic acids is 1. The highest BCUT2D eigenvalue weighted by atomic mass is 16.5. The van der Waals surface area contributed by atoms with Crippen LogP contribution < -0.4 is 14.8 Å². The fraction of sp³-hybridized carbons (Fsp3) is 0.125. The second kappa shape index (κ2) is 9.13. The minimum atomic E-state index is -0.127. The van der Waals surface area contributed by atoms with Crippen LogP contribution in [0.2, 0.25) is 0 Å². The van der Waals surface area contributed by atoms with Gasteiger partial charge in [0.2, 0.25) is 11.7 Å². The topological polar surface area (TPSA) is 86.5 Å². The Morgan fingerprint density at radius 3 is 2.45 bits per heavy atom. The summed E-state index contributed by atoms with van der Waals surface area (Å²) in [6.07, 6.45) is 0.274. The lowest BCUT2D eigenvalue weighted by Crippen LogP contribution is -2.14. The molecule has 0 saturated carbocycles. The Morgan fingerprint density at radius 1 is 0.935 bits per heavy atom. The van der Waals surface area contributed by atoms with Crippen molar-refractivity contribution in [3.05, 3.63) is 78.4 Å². The maximum atomic E-state index is 12.5. The fourth-order valence-electron chi connectivity index (χ4n) is 3.18. The van der Waals surface area contributed by atoms with E-state index in [9.17, 15) is 4.79 Å². The van der Waals surface area contributed by atoms with Crippen molar-refractivity contribution in [2.24, 2.45) is 0 Å². The van der Waals surface area contributed by atoms with Gasteiger partial charge in [-0.15, -0.1) is 0 Å². The molecule has 0 unspecified atom stereocenters. The van der Waals surface area contributed by atoms with Crippen LogP contribution in [0.25, 0.3) is 22.8 Å². The molecule has 1 amide bonds. The number of benzene rings is 3. The number of hydrogen-bond donors (Lipinski definition) is 1.